The van der Waals surface area contributed by atoms with Crippen LogP contribution in [-0.4, -0.2) is 33.2 Å². The van der Waals surface area contributed by atoms with Gasteiger partial charge in [0.25, 0.3) is 0 Å². The summed E-state index contributed by atoms with van der Waals surface area (Å²) in [6.45, 7) is 6.42. The maximum atomic E-state index is 14.3. The smallest absolute Gasteiger partial charge is 0.243 e. The molecular formula is C23H31FN2O3S. The lowest BCUT2D eigenvalue weighted by Gasteiger charge is -2.30. The molecule has 0 unspecified atom stereocenters. The average Bonchev–Trinajstić information content (AvgIpc) is 2.69. The van der Waals surface area contributed by atoms with Crippen molar-refractivity contribution in [2.75, 3.05) is 17.1 Å². The van der Waals surface area contributed by atoms with E-state index in [1.807, 2.05) is 0 Å². The second-order valence-corrected chi connectivity index (χ2v) is 9.58. The van der Waals surface area contributed by atoms with E-state index in [2.05, 4.69) is 43.4 Å². The summed E-state index contributed by atoms with van der Waals surface area (Å²) in [6.07, 6.45) is 2.74. The van der Waals surface area contributed by atoms with Crippen molar-refractivity contribution in [3.8, 4) is 0 Å². The highest BCUT2D eigenvalue weighted by molar-refractivity contribution is 7.92. The number of carbonyl (C=O) groups excluding carboxylic acids is 1. The lowest BCUT2D eigenvalue weighted by Crippen LogP contribution is -2.49. The van der Waals surface area contributed by atoms with Crippen LogP contribution < -0.4 is 9.62 Å². The largest absolute Gasteiger partial charge is 0.354 e. The number of carbonyl (C=O) groups is 1. The molecule has 2 rings (SSSR count). The summed E-state index contributed by atoms with van der Waals surface area (Å²) in [6, 6.07) is 13.0. The summed E-state index contributed by atoms with van der Waals surface area (Å²) in [4.78, 5) is 12.7. The van der Waals surface area contributed by atoms with Gasteiger partial charge in [0.15, 0.2) is 0 Å². The number of sulfonamides is 1. The highest BCUT2D eigenvalue weighted by Crippen LogP contribution is 2.25. The van der Waals surface area contributed by atoms with Crippen molar-refractivity contribution in [1.29, 1.82) is 0 Å². The van der Waals surface area contributed by atoms with Crippen LogP contribution in [0.3, 0.4) is 0 Å². The topological polar surface area (TPSA) is 66.5 Å². The lowest BCUT2D eigenvalue weighted by atomic mass is 10.0. The summed E-state index contributed by atoms with van der Waals surface area (Å²) in [5.74, 6) is -0.628. The molecule has 0 aromatic heterocycles. The number of para-hydroxylation sites is 1. The number of anilines is 1. The number of amides is 1. The molecule has 2 aromatic carbocycles. The van der Waals surface area contributed by atoms with Gasteiger partial charge in [-0.2, -0.15) is 0 Å². The van der Waals surface area contributed by atoms with Crippen molar-refractivity contribution in [2.24, 2.45) is 0 Å². The van der Waals surface area contributed by atoms with Gasteiger partial charge in [0.2, 0.25) is 15.9 Å². The zero-order valence-corrected chi connectivity index (χ0v) is 18.9. The first-order chi connectivity index (χ1) is 14.1. The first kappa shape index (κ1) is 23.9. The van der Waals surface area contributed by atoms with Crippen LogP contribution in [0, 0.1) is 5.82 Å². The van der Waals surface area contributed by atoms with Gasteiger partial charge in [-0.25, -0.2) is 12.8 Å². The first-order valence-electron chi connectivity index (χ1n) is 10.3. The molecule has 5 nitrogen and oxygen atoms in total. The molecule has 0 bridgehead atoms. The van der Waals surface area contributed by atoms with E-state index in [0.717, 1.165) is 23.4 Å². The molecule has 30 heavy (non-hydrogen) atoms. The fourth-order valence-electron chi connectivity index (χ4n) is 3.36. The van der Waals surface area contributed by atoms with Gasteiger partial charge in [-0.1, -0.05) is 57.2 Å². The van der Waals surface area contributed by atoms with E-state index < -0.39 is 27.8 Å². The quantitative estimate of drug-likeness (QED) is 0.569. The third kappa shape index (κ3) is 6.29. The van der Waals surface area contributed by atoms with Crippen LogP contribution in [0.25, 0.3) is 0 Å². The van der Waals surface area contributed by atoms with E-state index in [0.29, 0.717) is 12.5 Å². The van der Waals surface area contributed by atoms with E-state index in [1.54, 1.807) is 13.0 Å². The van der Waals surface area contributed by atoms with Crippen molar-refractivity contribution in [3.05, 3.63) is 65.5 Å². The number of hydrogen-bond acceptors (Lipinski definition) is 3. The number of aryl methyl sites for hydroxylation is 1. The Bertz CT molecular complexity index is 943. The Morgan fingerprint density at radius 2 is 1.73 bits per heavy atom. The zero-order chi connectivity index (χ0) is 22.3. The molecule has 1 amide bonds. The molecule has 1 N–H and O–H groups in total. The van der Waals surface area contributed by atoms with E-state index in [-0.39, 0.29) is 12.1 Å². The van der Waals surface area contributed by atoms with Gasteiger partial charge in [0.05, 0.1) is 11.9 Å². The predicted octanol–water partition coefficient (Wildman–Crippen LogP) is 4.24. The van der Waals surface area contributed by atoms with Crippen LogP contribution in [0.1, 0.15) is 50.7 Å². The normalized spacial score (nSPS) is 12.6. The SMILES string of the molecule is CC[C@H](C(=O)NCCCc1ccc(C(C)C)cc1)N(c1ccccc1F)S(C)(=O)=O. The molecule has 164 valence electrons. The third-order valence-corrected chi connectivity index (χ3v) is 6.17. The Balaban J connectivity index is 2.01. The average molecular weight is 435 g/mol. The van der Waals surface area contributed by atoms with Crippen LogP contribution in [0.2, 0.25) is 0 Å². The van der Waals surface area contributed by atoms with E-state index in [1.165, 1.54) is 29.3 Å². The minimum Gasteiger partial charge on any atom is -0.354 e. The Morgan fingerprint density at radius 1 is 1.10 bits per heavy atom. The summed E-state index contributed by atoms with van der Waals surface area (Å²) in [7, 11) is -3.85. The minimum atomic E-state index is -3.85. The molecule has 0 radical (unpaired) electrons. The van der Waals surface area contributed by atoms with Gasteiger partial charge in [0, 0.05) is 6.54 Å². The lowest BCUT2D eigenvalue weighted by molar-refractivity contribution is -0.122. The van der Waals surface area contributed by atoms with E-state index >= 15 is 0 Å². The van der Waals surface area contributed by atoms with Gasteiger partial charge >= 0.3 is 0 Å². The standard InChI is InChI=1S/C23H31FN2O3S/c1-5-21(26(30(4,28)29)22-11-7-6-10-20(22)24)23(27)25-16-8-9-18-12-14-19(15-13-18)17(2)3/h6-7,10-15,17,21H,5,8-9,16H2,1-4H3,(H,25,27)/t21-/m1/s1. The first-order valence-corrected chi connectivity index (χ1v) is 12.1. The fourth-order valence-corrected chi connectivity index (χ4v) is 4.57. The van der Waals surface area contributed by atoms with Gasteiger partial charge < -0.3 is 5.32 Å². The zero-order valence-electron chi connectivity index (χ0n) is 18.1. The van der Waals surface area contributed by atoms with Gasteiger partial charge in [0.1, 0.15) is 11.9 Å². The minimum absolute atomic E-state index is 0.118. The van der Waals surface area contributed by atoms with Crippen LogP contribution in [-0.2, 0) is 21.2 Å². The Morgan fingerprint density at radius 3 is 2.27 bits per heavy atom. The number of halogens is 1. The summed E-state index contributed by atoms with van der Waals surface area (Å²) >= 11 is 0. The Kier molecular flexibility index (Phi) is 8.41. The molecule has 0 aliphatic heterocycles. The summed E-state index contributed by atoms with van der Waals surface area (Å²) < 4.78 is 39.9. The molecule has 7 heteroatoms. The van der Waals surface area contributed by atoms with Crippen LogP contribution >= 0.6 is 0 Å². The molecule has 0 fully saturated rings. The Hall–Kier alpha value is -2.41. The van der Waals surface area contributed by atoms with E-state index in [9.17, 15) is 17.6 Å². The molecule has 0 saturated heterocycles. The van der Waals surface area contributed by atoms with Crippen molar-refractivity contribution >= 4 is 21.6 Å². The van der Waals surface area contributed by atoms with Crippen molar-refractivity contribution in [3.63, 3.8) is 0 Å². The highest BCUT2D eigenvalue weighted by Gasteiger charge is 2.32. The summed E-state index contributed by atoms with van der Waals surface area (Å²) in [5.41, 5.74) is 2.35. The maximum absolute atomic E-state index is 14.3. The molecule has 0 aliphatic rings. The number of nitrogens with one attached hydrogen (secondary N) is 1. The van der Waals surface area contributed by atoms with Gasteiger partial charge in [-0.15, -0.1) is 0 Å². The number of nitrogens with zero attached hydrogens (tertiary/aromatic N) is 1. The maximum Gasteiger partial charge on any atom is 0.243 e. The van der Waals surface area contributed by atoms with Crippen molar-refractivity contribution in [2.45, 2.75) is 52.0 Å². The molecule has 0 spiro atoms. The molecular weight excluding hydrogens is 403 g/mol. The number of rotatable bonds is 10. The molecule has 0 aliphatic carbocycles. The van der Waals surface area contributed by atoms with Crippen molar-refractivity contribution < 1.29 is 17.6 Å². The monoisotopic (exact) mass is 434 g/mol. The second kappa shape index (κ2) is 10.6. The van der Waals surface area contributed by atoms with Gasteiger partial charge in [-0.05, 0) is 48.4 Å². The molecule has 0 heterocycles. The second-order valence-electron chi connectivity index (χ2n) is 7.73. The van der Waals surface area contributed by atoms with E-state index in [4.69, 9.17) is 0 Å². The van der Waals surface area contributed by atoms with Crippen molar-refractivity contribution in [1.82, 2.24) is 5.32 Å². The van der Waals surface area contributed by atoms with Crippen LogP contribution in [0.4, 0.5) is 10.1 Å². The third-order valence-electron chi connectivity index (χ3n) is 5.01. The molecule has 2 aromatic rings. The predicted molar refractivity (Wildman–Crippen MR) is 120 cm³/mol. The van der Waals surface area contributed by atoms with Crippen LogP contribution in [0.5, 0.6) is 0 Å². The fraction of sp³-hybridized carbons (Fsp3) is 0.435. The number of hydrogen-bond donors (Lipinski definition) is 1. The summed E-state index contributed by atoms with van der Waals surface area (Å²) in [5, 5.41) is 2.81. The van der Waals surface area contributed by atoms with Crippen LogP contribution in [0.15, 0.2) is 48.5 Å². The molecule has 1 atom stereocenters. The highest BCUT2D eigenvalue weighted by atomic mass is 32.2. The Labute approximate surface area is 179 Å². The van der Waals surface area contributed by atoms with Gasteiger partial charge in [-0.3, -0.25) is 9.10 Å². The number of benzene rings is 2. The molecule has 0 saturated carbocycles.